The van der Waals surface area contributed by atoms with Crippen LogP contribution >= 0.6 is 0 Å². The molecule has 2 heterocycles. The summed E-state index contributed by atoms with van der Waals surface area (Å²) < 4.78 is 14.6. The number of aromatic nitrogens is 4. The summed E-state index contributed by atoms with van der Waals surface area (Å²) in [6.07, 6.45) is 5.86. The zero-order chi connectivity index (χ0) is 10.7. The zero-order valence-electron chi connectivity index (χ0n) is 8.39. The summed E-state index contributed by atoms with van der Waals surface area (Å²) in [5.74, 6) is -0.152. The molecule has 78 valence electrons. The molecule has 0 fully saturated rings. The van der Waals surface area contributed by atoms with Crippen LogP contribution in [0.25, 0.3) is 11.4 Å². The smallest absolute Gasteiger partial charge is 0.216 e. The van der Waals surface area contributed by atoms with Crippen LogP contribution in [0.15, 0.2) is 24.7 Å². The van der Waals surface area contributed by atoms with Crippen molar-refractivity contribution in [2.75, 3.05) is 0 Å². The Morgan fingerprint density at radius 3 is 3.07 bits per heavy atom. The topological polar surface area (TPSA) is 43.6 Å². The van der Waals surface area contributed by atoms with Crippen molar-refractivity contribution in [2.45, 2.75) is 19.9 Å². The highest BCUT2D eigenvalue weighted by atomic mass is 19.1. The molecular formula is C10H11FN4. The summed E-state index contributed by atoms with van der Waals surface area (Å²) in [5.41, 5.74) is 0.739. The molecular weight excluding hydrogens is 195 g/mol. The van der Waals surface area contributed by atoms with Crippen molar-refractivity contribution in [2.24, 2.45) is 0 Å². The molecule has 0 aliphatic heterocycles. The van der Waals surface area contributed by atoms with Gasteiger partial charge in [-0.2, -0.15) is 14.5 Å². The number of halogens is 1. The van der Waals surface area contributed by atoms with E-state index in [1.807, 2.05) is 6.20 Å². The lowest BCUT2D eigenvalue weighted by Gasteiger charge is -1.95. The molecule has 5 heteroatoms. The second-order valence-corrected chi connectivity index (χ2v) is 3.20. The van der Waals surface area contributed by atoms with Gasteiger partial charge in [0.15, 0.2) is 5.82 Å². The molecule has 2 aromatic rings. The third-order valence-electron chi connectivity index (χ3n) is 1.97. The van der Waals surface area contributed by atoms with Crippen molar-refractivity contribution in [1.29, 1.82) is 0 Å². The van der Waals surface area contributed by atoms with Gasteiger partial charge in [-0.15, -0.1) is 0 Å². The van der Waals surface area contributed by atoms with Crippen molar-refractivity contribution in [1.82, 2.24) is 19.7 Å². The SMILES string of the molecule is CCCn1cc(-c2nccc(F)n2)cn1. The maximum absolute atomic E-state index is 12.8. The standard InChI is InChI=1S/C10H11FN4/c1-2-5-15-7-8(6-13-15)10-12-4-3-9(11)14-10/h3-4,6-7H,2,5H2,1H3. The molecule has 0 bridgehead atoms. The fourth-order valence-corrected chi connectivity index (χ4v) is 1.31. The Kier molecular flexibility index (Phi) is 2.71. The van der Waals surface area contributed by atoms with E-state index in [1.165, 1.54) is 12.3 Å². The van der Waals surface area contributed by atoms with Crippen LogP contribution in [0.2, 0.25) is 0 Å². The maximum atomic E-state index is 12.8. The van der Waals surface area contributed by atoms with Crippen LogP contribution < -0.4 is 0 Å². The summed E-state index contributed by atoms with van der Waals surface area (Å²) in [5, 5.41) is 4.13. The van der Waals surface area contributed by atoms with Gasteiger partial charge in [0.2, 0.25) is 5.95 Å². The molecule has 0 aliphatic rings. The van der Waals surface area contributed by atoms with Gasteiger partial charge in [0.05, 0.1) is 11.8 Å². The molecule has 0 aliphatic carbocycles. The summed E-state index contributed by atoms with van der Waals surface area (Å²) in [4.78, 5) is 7.66. The summed E-state index contributed by atoms with van der Waals surface area (Å²) in [7, 11) is 0. The van der Waals surface area contributed by atoms with E-state index >= 15 is 0 Å². The highest BCUT2D eigenvalue weighted by Gasteiger charge is 2.04. The number of nitrogens with zero attached hydrogens (tertiary/aromatic N) is 4. The normalized spacial score (nSPS) is 10.5. The molecule has 0 aromatic carbocycles. The second kappa shape index (κ2) is 4.16. The van der Waals surface area contributed by atoms with Gasteiger partial charge in [-0.1, -0.05) is 6.92 Å². The van der Waals surface area contributed by atoms with Gasteiger partial charge in [-0.3, -0.25) is 4.68 Å². The third-order valence-corrected chi connectivity index (χ3v) is 1.97. The van der Waals surface area contributed by atoms with E-state index in [9.17, 15) is 4.39 Å². The Hall–Kier alpha value is -1.78. The van der Waals surface area contributed by atoms with Crippen molar-refractivity contribution in [3.63, 3.8) is 0 Å². The first-order valence-electron chi connectivity index (χ1n) is 4.81. The average molecular weight is 206 g/mol. The average Bonchev–Trinajstić information content (AvgIpc) is 2.67. The maximum Gasteiger partial charge on any atom is 0.216 e. The number of hydrogen-bond donors (Lipinski definition) is 0. The highest BCUT2D eigenvalue weighted by molar-refractivity contribution is 5.51. The zero-order valence-corrected chi connectivity index (χ0v) is 8.39. The largest absolute Gasteiger partial charge is 0.272 e. The lowest BCUT2D eigenvalue weighted by molar-refractivity contribution is 0.581. The van der Waals surface area contributed by atoms with Crippen LogP contribution in [0.5, 0.6) is 0 Å². The molecule has 0 amide bonds. The van der Waals surface area contributed by atoms with Crippen LogP contribution in [0.3, 0.4) is 0 Å². The quantitative estimate of drug-likeness (QED) is 0.720. The van der Waals surface area contributed by atoms with E-state index in [2.05, 4.69) is 22.0 Å². The van der Waals surface area contributed by atoms with E-state index in [1.54, 1.807) is 10.9 Å². The Balaban J connectivity index is 2.29. The first-order valence-corrected chi connectivity index (χ1v) is 4.81. The molecule has 2 rings (SSSR count). The minimum absolute atomic E-state index is 0.373. The molecule has 0 saturated carbocycles. The first-order chi connectivity index (χ1) is 7.29. The third kappa shape index (κ3) is 2.18. The number of hydrogen-bond acceptors (Lipinski definition) is 3. The Bertz CT molecular complexity index is 452. The molecule has 0 spiro atoms. The Labute approximate surface area is 86.8 Å². The van der Waals surface area contributed by atoms with E-state index in [0.717, 1.165) is 18.5 Å². The molecule has 0 atom stereocenters. The lowest BCUT2D eigenvalue weighted by atomic mass is 10.3. The summed E-state index contributed by atoms with van der Waals surface area (Å²) >= 11 is 0. The van der Waals surface area contributed by atoms with Crippen LogP contribution in [0.4, 0.5) is 4.39 Å². The lowest BCUT2D eigenvalue weighted by Crippen LogP contribution is -1.95. The molecule has 0 saturated heterocycles. The van der Waals surface area contributed by atoms with Crippen LogP contribution in [-0.4, -0.2) is 19.7 Å². The van der Waals surface area contributed by atoms with Crippen molar-refractivity contribution in [3.8, 4) is 11.4 Å². The van der Waals surface area contributed by atoms with Crippen LogP contribution in [0, 0.1) is 5.95 Å². The first kappa shape index (κ1) is 9.76. The molecule has 0 radical (unpaired) electrons. The van der Waals surface area contributed by atoms with Crippen molar-refractivity contribution in [3.05, 3.63) is 30.6 Å². The van der Waals surface area contributed by atoms with Crippen LogP contribution in [0.1, 0.15) is 13.3 Å². The van der Waals surface area contributed by atoms with E-state index in [0.29, 0.717) is 5.82 Å². The fraction of sp³-hybridized carbons (Fsp3) is 0.300. The van der Waals surface area contributed by atoms with Gasteiger partial charge < -0.3 is 0 Å². The fourth-order valence-electron chi connectivity index (χ4n) is 1.31. The highest BCUT2D eigenvalue weighted by Crippen LogP contribution is 2.12. The predicted molar refractivity (Wildman–Crippen MR) is 53.5 cm³/mol. The van der Waals surface area contributed by atoms with Gasteiger partial charge in [0.1, 0.15) is 0 Å². The molecule has 4 nitrogen and oxygen atoms in total. The van der Waals surface area contributed by atoms with Gasteiger partial charge in [0.25, 0.3) is 0 Å². The summed E-state index contributed by atoms with van der Waals surface area (Å²) in [6, 6.07) is 1.22. The monoisotopic (exact) mass is 206 g/mol. The van der Waals surface area contributed by atoms with E-state index in [-0.39, 0.29) is 0 Å². The van der Waals surface area contributed by atoms with E-state index < -0.39 is 5.95 Å². The van der Waals surface area contributed by atoms with Gasteiger partial charge in [0, 0.05) is 25.0 Å². The Morgan fingerprint density at radius 1 is 1.47 bits per heavy atom. The van der Waals surface area contributed by atoms with Gasteiger partial charge in [-0.05, 0) is 6.42 Å². The minimum atomic E-state index is -0.525. The molecule has 2 aromatic heterocycles. The molecule has 15 heavy (non-hydrogen) atoms. The molecule has 0 N–H and O–H groups in total. The number of rotatable bonds is 3. The number of aryl methyl sites for hydroxylation is 1. The van der Waals surface area contributed by atoms with E-state index in [4.69, 9.17) is 0 Å². The summed E-state index contributed by atoms with van der Waals surface area (Å²) in [6.45, 7) is 2.91. The van der Waals surface area contributed by atoms with Crippen molar-refractivity contribution < 1.29 is 4.39 Å². The predicted octanol–water partition coefficient (Wildman–Crippen LogP) is 1.89. The Morgan fingerprint density at radius 2 is 2.33 bits per heavy atom. The van der Waals surface area contributed by atoms with Crippen molar-refractivity contribution >= 4 is 0 Å². The minimum Gasteiger partial charge on any atom is -0.272 e. The van der Waals surface area contributed by atoms with Gasteiger partial charge >= 0.3 is 0 Å². The molecule has 0 unspecified atom stereocenters. The second-order valence-electron chi connectivity index (χ2n) is 3.20. The van der Waals surface area contributed by atoms with Gasteiger partial charge in [-0.25, -0.2) is 4.98 Å². The van der Waals surface area contributed by atoms with Crippen LogP contribution in [-0.2, 0) is 6.54 Å².